The van der Waals surface area contributed by atoms with Crippen molar-refractivity contribution in [3.8, 4) is 0 Å². The van der Waals surface area contributed by atoms with E-state index in [1.807, 2.05) is 21.1 Å². The van der Waals surface area contributed by atoms with E-state index in [9.17, 15) is 14.4 Å². The minimum absolute atomic E-state index is 0. The Morgan fingerprint density at radius 2 is 1.68 bits per heavy atom. The Hall–Kier alpha value is -2.07. The van der Waals surface area contributed by atoms with Crippen LogP contribution in [0.4, 0.5) is 0 Å². The zero-order chi connectivity index (χ0) is 19.5. The smallest absolute Gasteiger partial charge is 0.323 e. The molecular weight excluding hydrogens is 356 g/mol. The van der Waals surface area contributed by atoms with Crippen LogP contribution in [-0.2, 0) is 19.1 Å². The fraction of sp³-hybridized carbons (Fsp3) is 0.714. The van der Waals surface area contributed by atoms with Crippen molar-refractivity contribution in [2.24, 2.45) is 5.73 Å². The molecule has 0 aromatic carbocycles. The highest BCUT2D eigenvalue weighted by atomic mass is 35.5. The molecule has 0 aromatic heterocycles. The molecule has 0 amide bonds. The van der Waals surface area contributed by atoms with Gasteiger partial charge in [-0.1, -0.05) is 6.92 Å². The fourth-order valence-corrected chi connectivity index (χ4v) is 1.51. The van der Waals surface area contributed by atoms with E-state index in [-0.39, 0.29) is 43.7 Å². The van der Waals surface area contributed by atoms with Crippen molar-refractivity contribution in [1.29, 1.82) is 5.41 Å². The predicted octanol–water partition coefficient (Wildman–Crippen LogP) is -0.193. The summed E-state index contributed by atoms with van der Waals surface area (Å²) >= 11 is 0. The van der Waals surface area contributed by atoms with Crippen LogP contribution in [0.15, 0.2) is 0 Å². The molecule has 1 atom stereocenters. The molecule has 5 N–H and O–H groups in total. The molecule has 0 rings (SSSR count). The average Bonchev–Trinajstić information content (AvgIpc) is 2.35. The topological polar surface area (TPSA) is 154 Å². The van der Waals surface area contributed by atoms with E-state index < -0.39 is 18.0 Å². The van der Waals surface area contributed by atoms with E-state index in [2.05, 4.69) is 0 Å². The first-order valence-corrected chi connectivity index (χ1v) is 7.27. The third-order valence-corrected chi connectivity index (χ3v) is 2.52. The van der Waals surface area contributed by atoms with Crippen molar-refractivity contribution >= 4 is 36.3 Å². The summed E-state index contributed by atoms with van der Waals surface area (Å²) in [7, 11) is 7.22. The van der Waals surface area contributed by atoms with Gasteiger partial charge in [0, 0.05) is 13.5 Å². The minimum atomic E-state index is -0.993. The minimum Gasteiger partial charge on any atom is -0.481 e. The first kappa shape index (κ1) is 27.8. The van der Waals surface area contributed by atoms with Crippen molar-refractivity contribution in [3.63, 3.8) is 0 Å². The molecule has 10 nitrogen and oxygen atoms in total. The second kappa shape index (κ2) is 13.2. The molecule has 0 radical (unpaired) electrons. The summed E-state index contributed by atoms with van der Waals surface area (Å²) in [6.07, 6.45) is -0.413. The van der Waals surface area contributed by atoms with Crippen molar-refractivity contribution in [2.75, 3.05) is 41.3 Å². The summed E-state index contributed by atoms with van der Waals surface area (Å²) in [5.74, 6) is -2.53. The van der Waals surface area contributed by atoms with Gasteiger partial charge in [0.1, 0.15) is 13.1 Å². The molecule has 0 bridgehead atoms. The third-order valence-electron chi connectivity index (χ3n) is 2.52. The van der Waals surface area contributed by atoms with Gasteiger partial charge in [-0.15, -0.1) is 12.4 Å². The molecule has 0 saturated heterocycles. The van der Waals surface area contributed by atoms with Crippen LogP contribution in [0.3, 0.4) is 0 Å². The number of nitrogens with zero attached hydrogens (tertiary/aromatic N) is 2. The van der Waals surface area contributed by atoms with Crippen LogP contribution in [0.1, 0.15) is 19.8 Å². The molecule has 0 aliphatic carbocycles. The number of carbonyl (C=O) groups excluding carboxylic acids is 1. The molecule has 25 heavy (non-hydrogen) atoms. The zero-order valence-corrected chi connectivity index (χ0v) is 16.1. The lowest BCUT2D eigenvalue weighted by Crippen LogP contribution is -2.43. The van der Waals surface area contributed by atoms with Crippen LogP contribution in [0.5, 0.6) is 0 Å². The summed E-state index contributed by atoms with van der Waals surface area (Å²) in [4.78, 5) is 32.7. The maximum Gasteiger partial charge on any atom is 0.323 e. The van der Waals surface area contributed by atoms with E-state index in [1.54, 1.807) is 6.92 Å². The molecule has 0 unspecified atom stereocenters. The first-order chi connectivity index (χ1) is 10.8. The number of halogens is 1. The first-order valence-electron chi connectivity index (χ1n) is 7.27. The number of hydrogen-bond donors (Lipinski definition) is 4. The fourth-order valence-electron chi connectivity index (χ4n) is 1.51. The number of aliphatic carboxylic acids is 2. The van der Waals surface area contributed by atoms with E-state index in [4.69, 9.17) is 26.1 Å². The summed E-state index contributed by atoms with van der Waals surface area (Å²) in [5.41, 5.74) is 4.93. The highest BCUT2D eigenvalue weighted by Crippen LogP contribution is 2.06. The van der Waals surface area contributed by atoms with Gasteiger partial charge >= 0.3 is 17.9 Å². The second-order valence-electron chi connectivity index (χ2n) is 6.17. The van der Waals surface area contributed by atoms with Crippen molar-refractivity contribution in [2.45, 2.75) is 25.9 Å². The summed E-state index contributed by atoms with van der Waals surface area (Å²) in [5, 5.41) is 23.5. The van der Waals surface area contributed by atoms with Crippen LogP contribution >= 0.6 is 12.4 Å². The van der Waals surface area contributed by atoms with Crippen LogP contribution in [-0.4, -0.2) is 90.8 Å². The number of nitrogens with two attached hydrogens (primary N) is 1. The van der Waals surface area contributed by atoms with E-state index in [1.165, 1.54) is 7.05 Å². The van der Waals surface area contributed by atoms with Crippen LogP contribution in [0.2, 0.25) is 0 Å². The number of rotatable bonds is 8. The van der Waals surface area contributed by atoms with Crippen LogP contribution < -0.4 is 5.73 Å². The number of likely N-dealkylation sites (N-methyl/N-ethyl adjacent to an activating group) is 2. The number of ether oxygens (including phenoxy) is 1. The lowest BCUT2D eigenvalue weighted by molar-refractivity contribution is -0.873. The largest absolute Gasteiger partial charge is 0.481 e. The van der Waals surface area contributed by atoms with Gasteiger partial charge in [0.2, 0.25) is 0 Å². The molecular formula is C14H30ClN4O6+. The predicted molar refractivity (Wildman–Crippen MR) is 94.8 cm³/mol. The number of carboxylic acid groups (broad SMARTS) is 2. The number of quaternary nitrogens is 1. The van der Waals surface area contributed by atoms with Crippen molar-refractivity contribution in [1.82, 2.24) is 4.90 Å². The Kier molecular flexibility index (Phi) is 14.7. The van der Waals surface area contributed by atoms with Crippen LogP contribution in [0, 0.1) is 5.41 Å². The summed E-state index contributed by atoms with van der Waals surface area (Å²) in [6, 6.07) is 0. The molecule has 0 fully saturated rings. The number of hydrogen-bond acceptors (Lipinski definition) is 5. The average molecular weight is 386 g/mol. The Morgan fingerprint density at radius 3 is 1.92 bits per heavy atom. The maximum absolute atomic E-state index is 11.1. The van der Waals surface area contributed by atoms with Crippen LogP contribution in [0.25, 0.3) is 0 Å². The van der Waals surface area contributed by atoms with Gasteiger partial charge in [-0.05, 0) is 0 Å². The molecule has 148 valence electrons. The number of esters is 1. The van der Waals surface area contributed by atoms with Gasteiger partial charge in [-0.25, -0.2) is 0 Å². The number of guanidine groups is 1. The van der Waals surface area contributed by atoms with Crippen molar-refractivity contribution < 1.29 is 33.8 Å². The maximum atomic E-state index is 11.1. The highest BCUT2D eigenvalue weighted by Gasteiger charge is 2.24. The number of nitrogens with one attached hydrogen (secondary N) is 1. The lowest BCUT2D eigenvalue weighted by Gasteiger charge is -2.28. The van der Waals surface area contributed by atoms with E-state index >= 15 is 0 Å². The third kappa shape index (κ3) is 19.9. The van der Waals surface area contributed by atoms with E-state index in [0.717, 1.165) is 4.90 Å². The van der Waals surface area contributed by atoms with Gasteiger partial charge in [-0.2, -0.15) is 0 Å². The van der Waals surface area contributed by atoms with Gasteiger partial charge in [-0.3, -0.25) is 19.8 Å². The van der Waals surface area contributed by atoms with Gasteiger partial charge in [0.05, 0.1) is 27.6 Å². The second-order valence-corrected chi connectivity index (χ2v) is 6.17. The normalized spacial score (nSPS) is 11.1. The molecule has 0 aromatic rings. The molecule has 0 spiro atoms. The standard InChI is InChI=1S/C10H19NO4.C4H9N3O2.ClH/c1-5-10(14)15-8(6-9(12)13)7-11(2,3)4;1-7(4(5)6)2-3(8)9;/h8H,5-7H2,1-4H3;2H2,1H3,(H3,5,6)(H,8,9);1H/p+1/t8-;;/m1../s1. The quantitative estimate of drug-likeness (QED) is 0.194. The van der Waals surface area contributed by atoms with Gasteiger partial charge in [0.25, 0.3) is 0 Å². The molecule has 0 aliphatic heterocycles. The molecule has 0 aliphatic rings. The number of carboxylic acids is 2. The highest BCUT2D eigenvalue weighted by molar-refractivity contribution is 5.85. The monoisotopic (exact) mass is 385 g/mol. The Labute approximate surface area is 154 Å². The Morgan fingerprint density at radius 1 is 1.20 bits per heavy atom. The SMILES string of the molecule is CCC(=O)O[C@H](CC(=O)O)C[N+](C)(C)C.CN(CC(=O)O)C(=N)N.Cl. The number of carbonyl (C=O) groups is 3. The van der Waals surface area contributed by atoms with E-state index in [0.29, 0.717) is 11.0 Å². The van der Waals surface area contributed by atoms with Gasteiger partial charge in [0.15, 0.2) is 12.1 Å². The summed E-state index contributed by atoms with van der Waals surface area (Å²) < 4.78 is 5.62. The molecule has 0 heterocycles. The summed E-state index contributed by atoms with van der Waals surface area (Å²) in [6.45, 7) is 1.96. The zero-order valence-electron chi connectivity index (χ0n) is 15.3. The van der Waals surface area contributed by atoms with Gasteiger partial charge < -0.3 is 30.1 Å². The Bertz CT molecular complexity index is 453. The molecule has 0 saturated carbocycles. The Balaban J connectivity index is -0.000000418. The molecule has 11 heteroatoms. The van der Waals surface area contributed by atoms with Crippen molar-refractivity contribution in [3.05, 3.63) is 0 Å². The lowest BCUT2D eigenvalue weighted by atomic mass is 10.2.